The van der Waals surface area contributed by atoms with E-state index in [-0.39, 0.29) is 17.7 Å². The highest BCUT2D eigenvalue weighted by Gasteiger charge is 2.28. The number of carbonyl (C=O) groups is 2. The van der Waals surface area contributed by atoms with E-state index >= 15 is 0 Å². The Balaban J connectivity index is 1.48. The minimum absolute atomic E-state index is 0.0143. The van der Waals surface area contributed by atoms with E-state index in [9.17, 15) is 9.59 Å². The number of rotatable bonds is 4. The van der Waals surface area contributed by atoms with Gasteiger partial charge < -0.3 is 10.2 Å². The molecule has 0 spiro atoms. The molecule has 1 heterocycles. The van der Waals surface area contributed by atoms with Crippen molar-refractivity contribution in [2.45, 2.75) is 6.42 Å². The summed E-state index contributed by atoms with van der Waals surface area (Å²) in [5, 5.41) is 2.96. The van der Waals surface area contributed by atoms with Crippen molar-refractivity contribution in [2.24, 2.45) is 5.92 Å². The van der Waals surface area contributed by atoms with Gasteiger partial charge in [0, 0.05) is 25.2 Å². The molecule has 1 aliphatic rings. The van der Waals surface area contributed by atoms with Crippen molar-refractivity contribution in [3.63, 3.8) is 0 Å². The molecule has 2 amide bonds. The van der Waals surface area contributed by atoms with Gasteiger partial charge in [-0.15, -0.1) is 0 Å². The van der Waals surface area contributed by atoms with Crippen molar-refractivity contribution in [2.75, 3.05) is 19.6 Å². The van der Waals surface area contributed by atoms with Crippen LogP contribution in [0.1, 0.15) is 15.9 Å². The average Bonchev–Trinajstić information content (AvgIpc) is 2.96. The summed E-state index contributed by atoms with van der Waals surface area (Å²) in [6, 6.07) is 27.8. The summed E-state index contributed by atoms with van der Waals surface area (Å²) < 4.78 is 0. The van der Waals surface area contributed by atoms with Gasteiger partial charge in [-0.1, -0.05) is 72.8 Å². The van der Waals surface area contributed by atoms with Gasteiger partial charge in [0.1, 0.15) is 0 Å². The molecule has 1 unspecified atom stereocenters. The van der Waals surface area contributed by atoms with Crippen LogP contribution >= 0.6 is 0 Å². The van der Waals surface area contributed by atoms with Crippen LogP contribution in [0.15, 0.2) is 84.9 Å². The van der Waals surface area contributed by atoms with E-state index in [1.165, 1.54) is 5.56 Å². The molecular weight excluding hydrogens is 360 g/mol. The van der Waals surface area contributed by atoms with Gasteiger partial charge >= 0.3 is 0 Å². The van der Waals surface area contributed by atoms with Gasteiger partial charge in [-0.3, -0.25) is 9.59 Å². The van der Waals surface area contributed by atoms with Gasteiger partial charge in [0.25, 0.3) is 5.91 Å². The predicted molar refractivity (Wildman–Crippen MR) is 114 cm³/mol. The molecule has 4 nitrogen and oxygen atoms in total. The zero-order chi connectivity index (χ0) is 20.1. The maximum atomic E-state index is 12.8. The van der Waals surface area contributed by atoms with Crippen LogP contribution in [0.4, 0.5) is 0 Å². The maximum absolute atomic E-state index is 12.8. The largest absolute Gasteiger partial charge is 0.354 e. The van der Waals surface area contributed by atoms with Crippen LogP contribution in [0.2, 0.25) is 0 Å². The Labute approximate surface area is 171 Å². The summed E-state index contributed by atoms with van der Waals surface area (Å²) in [5.41, 5.74) is 4.08. The summed E-state index contributed by atoms with van der Waals surface area (Å²) in [7, 11) is 0. The first-order valence-electron chi connectivity index (χ1n) is 9.97. The lowest BCUT2D eigenvalue weighted by molar-refractivity contribution is -0.124. The van der Waals surface area contributed by atoms with Crippen LogP contribution in [0, 0.1) is 5.92 Å². The monoisotopic (exact) mass is 384 g/mol. The lowest BCUT2D eigenvalue weighted by Crippen LogP contribution is -2.37. The quantitative estimate of drug-likeness (QED) is 0.744. The van der Waals surface area contributed by atoms with Gasteiger partial charge in [-0.2, -0.15) is 0 Å². The summed E-state index contributed by atoms with van der Waals surface area (Å²) in [4.78, 5) is 27.2. The molecule has 3 aromatic rings. The number of hydrogen-bond donors (Lipinski definition) is 1. The third kappa shape index (κ3) is 4.54. The van der Waals surface area contributed by atoms with Crippen LogP contribution in [0.5, 0.6) is 0 Å². The van der Waals surface area contributed by atoms with E-state index in [0.29, 0.717) is 31.6 Å². The molecule has 1 N–H and O–H groups in total. The molecular formula is C25H24N2O2. The maximum Gasteiger partial charge on any atom is 0.253 e. The van der Waals surface area contributed by atoms with Crippen LogP contribution < -0.4 is 5.32 Å². The number of benzene rings is 3. The molecule has 0 saturated carbocycles. The molecule has 0 bridgehead atoms. The average molecular weight is 384 g/mol. The molecule has 0 aliphatic carbocycles. The van der Waals surface area contributed by atoms with Gasteiger partial charge in [0.2, 0.25) is 5.91 Å². The van der Waals surface area contributed by atoms with Crippen LogP contribution in [-0.4, -0.2) is 36.3 Å². The van der Waals surface area contributed by atoms with Gasteiger partial charge in [0.15, 0.2) is 0 Å². The van der Waals surface area contributed by atoms with Crippen molar-refractivity contribution in [1.82, 2.24) is 10.2 Å². The van der Waals surface area contributed by atoms with E-state index < -0.39 is 0 Å². The Hall–Kier alpha value is -3.40. The van der Waals surface area contributed by atoms with Crippen molar-refractivity contribution in [3.8, 4) is 11.1 Å². The first kappa shape index (κ1) is 18.9. The minimum Gasteiger partial charge on any atom is -0.354 e. The van der Waals surface area contributed by atoms with Crippen molar-refractivity contribution < 1.29 is 9.59 Å². The van der Waals surface area contributed by atoms with Gasteiger partial charge in [-0.05, 0) is 35.2 Å². The Kier molecular flexibility index (Phi) is 5.71. The molecule has 0 radical (unpaired) electrons. The third-order valence-electron chi connectivity index (χ3n) is 5.34. The van der Waals surface area contributed by atoms with Gasteiger partial charge in [0.05, 0.1) is 5.92 Å². The fraction of sp³-hybridized carbons (Fsp3) is 0.200. The standard InChI is InChI=1S/C25H24N2O2/c28-24-23(17-19-11-13-21(14-12-19)20-7-3-1-4-8-20)18-27(16-15-26-24)25(29)22-9-5-2-6-10-22/h1-14,23H,15-18H2,(H,26,28). The van der Waals surface area contributed by atoms with E-state index in [4.69, 9.17) is 0 Å². The van der Waals surface area contributed by atoms with E-state index in [1.54, 1.807) is 4.90 Å². The zero-order valence-electron chi connectivity index (χ0n) is 16.3. The first-order valence-corrected chi connectivity index (χ1v) is 9.97. The molecule has 4 heteroatoms. The Morgan fingerprint density at radius 3 is 2.17 bits per heavy atom. The summed E-state index contributed by atoms with van der Waals surface area (Å²) in [6.07, 6.45) is 0.611. The second kappa shape index (κ2) is 8.74. The SMILES string of the molecule is O=C1NCCN(C(=O)c2ccccc2)CC1Cc1ccc(-c2ccccc2)cc1. The summed E-state index contributed by atoms with van der Waals surface area (Å²) >= 11 is 0. The molecule has 0 aromatic heterocycles. The molecule has 1 saturated heterocycles. The van der Waals surface area contributed by atoms with E-state index in [0.717, 1.165) is 11.1 Å². The first-order chi connectivity index (χ1) is 14.2. The number of hydrogen-bond acceptors (Lipinski definition) is 2. The fourth-order valence-corrected chi connectivity index (χ4v) is 3.75. The number of nitrogens with zero attached hydrogens (tertiary/aromatic N) is 1. The van der Waals surface area contributed by atoms with Crippen LogP contribution in [0.25, 0.3) is 11.1 Å². The number of amides is 2. The molecule has 29 heavy (non-hydrogen) atoms. The molecule has 1 fully saturated rings. The molecule has 146 valence electrons. The summed E-state index contributed by atoms with van der Waals surface area (Å²) in [6.45, 7) is 1.45. The Morgan fingerprint density at radius 2 is 1.48 bits per heavy atom. The highest BCUT2D eigenvalue weighted by Crippen LogP contribution is 2.21. The normalized spacial score (nSPS) is 16.8. The van der Waals surface area contributed by atoms with E-state index in [2.05, 4.69) is 41.7 Å². The Morgan fingerprint density at radius 1 is 0.862 bits per heavy atom. The lowest BCUT2D eigenvalue weighted by Gasteiger charge is -2.23. The molecule has 1 aliphatic heterocycles. The summed E-state index contributed by atoms with van der Waals surface area (Å²) in [5.74, 6) is -0.264. The topological polar surface area (TPSA) is 49.4 Å². The van der Waals surface area contributed by atoms with Gasteiger partial charge in [-0.25, -0.2) is 0 Å². The number of nitrogens with one attached hydrogen (secondary N) is 1. The van der Waals surface area contributed by atoms with E-state index in [1.807, 2.05) is 48.5 Å². The predicted octanol–water partition coefficient (Wildman–Crippen LogP) is 3.78. The van der Waals surface area contributed by atoms with Crippen molar-refractivity contribution in [1.29, 1.82) is 0 Å². The highest BCUT2D eigenvalue weighted by atomic mass is 16.2. The fourth-order valence-electron chi connectivity index (χ4n) is 3.75. The number of carbonyl (C=O) groups excluding carboxylic acids is 2. The zero-order valence-corrected chi connectivity index (χ0v) is 16.3. The molecule has 3 aromatic carbocycles. The lowest BCUT2D eigenvalue weighted by atomic mass is 9.96. The van der Waals surface area contributed by atoms with Crippen LogP contribution in [0.3, 0.4) is 0 Å². The molecule has 4 rings (SSSR count). The van der Waals surface area contributed by atoms with Crippen molar-refractivity contribution >= 4 is 11.8 Å². The van der Waals surface area contributed by atoms with Crippen LogP contribution in [-0.2, 0) is 11.2 Å². The Bertz CT molecular complexity index is 969. The second-order valence-electron chi connectivity index (χ2n) is 7.37. The smallest absolute Gasteiger partial charge is 0.253 e. The second-order valence-corrected chi connectivity index (χ2v) is 7.37. The highest BCUT2D eigenvalue weighted by molar-refractivity contribution is 5.94. The third-order valence-corrected chi connectivity index (χ3v) is 5.34. The minimum atomic E-state index is -0.257. The molecule has 1 atom stereocenters. The van der Waals surface area contributed by atoms with Crippen molar-refractivity contribution in [3.05, 3.63) is 96.1 Å².